The first kappa shape index (κ1) is 25.3. The van der Waals surface area contributed by atoms with Gasteiger partial charge in [-0.2, -0.15) is 0 Å². The number of imidazole rings is 1. The van der Waals surface area contributed by atoms with E-state index in [1.807, 2.05) is 24.3 Å². The van der Waals surface area contributed by atoms with Gasteiger partial charge in [-0.3, -0.25) is 25.2 Å². The Hall–Kier alpha value is -3.33. The van der Waals surface area contributed by atoms with Crippen molar-refractivity contribution < 1.29 is 38.8 Å². The van der Waals surface area contributed by atoms with Crippen molar-refractivity contribution in [1.82, 2.24) is 25.7 Å². The average molecular weight is 496 g/mol. The maximum absolute atomic E-state index is 12.3. The third-order valence-electron chi connectivity index (χ3n) is 4.88. The van der Waals surface area contributed by atoms with Gasteiger partial charge in [-0.25, -0.2) is 4.98 Å². The number of hydrogen-bond acceptors (Lipinski definition) is 10. The first-order valence-electron chi connectivity index (χ1n) is 10.2. The van der Waals surface area contributed by atoms with Gasteiger partial charge in [0.1, 0.15) is 18.8 Å². The van der Waals surface area contributed by atoms with Crippen molar-refractivity contribution in [2.45, 2.75) is 51.0 Å². The summed E-state index contributed by atoms with van der Waals surface area (Å²) in [6.45, 7) is 1.59. The van der Waals surface area contributed by atoms with Crippen LogP contribution in [0.4, 0.5) is 0 Å². The van der Waals surface area contributed by atoms with Crippen LogP contribution in [-0.2, 0) is 35.1 Å². The first-order valence-corrected chi connectivity index (χ1v) is 10.6. The van der Waals surface area contributed by atoms with Crippen LogP contribution >= 0.6 is 12.2 Å². The zero-order valence-electron chi connectivity index (χ0n) is 18.3. The van der Waals surface area contributed by atoms with Crippen molar-refractivity contribution in [2.24, 2.45) is 0 Å². The molecule has 184 valence electrons. The topological polar surface area (TPSA) is 173 Å². The Morgan fingerprint density at radius 3 is 2.50 bits per heavy atom. The summed E-state index contributed by atoms with van der Waals surface area (Å²) in [5.41, 5.74) is 6.44. The third kappa shape index (κ3) is 6.17. The lowest BCUT2D eigenvalue weighted by atomic mass is 9.97. The lowest BCUT2D eigenvalue weighted by Gasteiger charge is -2.43. The smallest absolute Gasteiger partial charge is 0.303 e. The Bertz CT molecular complexity index is 1060. The molecule has 0 radical (unpaired) electrons. The van der Waals surface area contributed by atoms with E-state index in [2.05, 4.69) is 21.2 Å². The van der Waals surface area contributed by atoms with Gasteiger partial charge in [0.05, 0.1) is 24.0 Å². The summed E-state index contributed by atoms with van der Waals surface area (Å²) in [7, 11) is 0. The molecule has 13 nitrogen and oxygen atoms in total. The number of hydrazine groups is 1. The minimum Gasteiger partial charge on any atom is -0.456 e. The number of nitrogens with one attached hydrogen (secondary N) is 3. The number of amides is 1. The van der Waals surface area contributed by atoms with Crippen LogP contribution in [0.1, 0.15) is 13.8 Å². The number of para-hydroxylation sites is 2. The van der Waals surface area contributed by atoms with E-state index in [-0.39, 0.29) is 11.7 Å². The van der Waals surface area contributed by atoms with E-state index in [0.717, 1.165) is 24.9 Å². The molecule has 1 aromatic heterocycles. The molecule has 1 aliphatic rings. The number of rotatable bonds is 6. The maximum atomic E-state index is 12.3. The average Bonchev–Trinajstić information content (AvgIpc) is 3.19. The standard InChI is InChI=1S/C20H25N5O8S/c1-10(27)31-17-16(30)14(8-26)33-19(18(17)32-11(2)28)22-20(34)24-23-15(29)7-25-9-21-12-5-3-4-6-13(12)25/h3-6,9,14,16-19,26,30H,7-8H2,1-2H3,(H,23,29)(H2,22,24,34)/t14-,16-,17+,18-,19-/m1/s1. The van der Waals surface area contributed by atoms with Gasteiger partial charge in [0.2, 0.25) is 0 Å². The minimum atomic E-state index is -1.47. The van der Waals surface area contributed by atoms with Crippen LogP contribution in [0.3, 0.4) is 0 Å². The van der Waals surface area contributed by atoms with Crippen LogP contribution in [0.25, 0.3) is 11.0 Å². The number of aliphatic hydroxyl groups is 2. The van der Waals surface area contributed by atoms with Crippen molar-refractivity contribution in [3.05, 3.63) is 30.6 Å². The number of esters is 2. The van der Waals surface area contributed by atoms with Crippen LogP contribution in [-0.4, -0.2) is 80.0 Å². The molecule has 0 bridgehead atoms. The first-order chi connectivity index (χ1) is 16.2. The second kappa shape index (κ2) is 11.2. The van der Waals surface area contributed by atoms with Crippen molar-refractivity contribution in [2.75, 3.05) is 6.61 Å². The van der Waals surface area contributed by atoms with E-state index < -0.39 is 55.1 Å². The van der Waals surface area contributed by atoms with Crippen LogP contribution in [0.15, 0.2) is 30.6 Å². The van der Waals surface area contributed by atoms with Crippen molar-refractivity contribution in [3.63, 3.8) is 0 Å². The molecule has 14 heteroatoms. The summed E-state index contributed by atoms with van der Waals surface area (Å²) in [6.07, 6.45) is -4.95. The fourth-order valence-corrected chi connectivity index (χ4v) is 3.63. The molecular weight excluding hydrogens is 470 g/mol. The highest BCUT2D eigenvalue weighted by Gasteiger charge is 2.49. The van der Waals surface area contributed by atoms with E-state index in [0.29, 0.717) is 0 Å². The van der Waals surface area contributed by atoms with Gasteiger partial charge in [0.15, 0.2) is 23.5 Å². The predicted octanol–water partition coefficient (Wildman–Crippen LogP) is -1.53. The molecule has 5 N–H and O–H groups in total. The highest BCUT2D eigenvalue weighted by molar-refractivity contribution is 7.80. The fourth-order valence-electron chi connectivity index (χ4n) is 3.46. The summed E-state index contributed by atoms with van der Waals surface area (Å²) >= 11 is 5.17. The van der Waals surface area contributed by atoms with Crippen molar-refractivity contribution in [1.29, 1.82) is 0 Å². The number of thiocarbonyl (C=S) groups is 1. The predicted molar refractivity (Wildman–Crippen MR) is 120 cm³/mol. The van der Waals surface area contributed by atoms with Crippen LogP contribution in [0.5, 0.6) is 0 Å². The molecule has 0 saturated carbocycles. The summed E-state index contributed by atoms with van der Waals surface area (Å²) in [5, 5.41) is 22.5. The van der Waals surface area contributed by atoms with Gasteiger partial charge in [0, 0.05) is 13.8 Å². The molecule has 2 aromatic rings. The number of aromatic nitrogens is 2. The van der Waals surface area contributed by atoms with Gasteiger partial charge in [-0.05, 0) is 24.4 Å². The number of nitrogens with zero attached hydrogens (tertiary/aromatic N) is 2. The molecule has 1 amide bonds. The Morgan fingerprint density at radius 2 is 1.82 bits per heavy atom. The highest BCUT2D eigenvalue weighted by atomic mass is 32.1. The highest BCUT2D eigenvalue weighted by Crippen LogP contribution is 2.25. The van der Waals surface area contributed by atoms with Gasteiger partial charge < -0.3 is 34.3 Å². The molecule has 1 fully saturated rings. The molecule has 34 heavy (non-hydrogen) atoms. The number of carbonyl (C=O) groups is 3. The van der Waals surface area contributed by atoms with Gasteiger partial charge >= 0.3 is 11.9 Å². The van der Waals surface area contributed by atoms with Crippen LogP contribution in [0, 0.1) is 0 Å². The molecule has 0 spiro atoms. The summed E-state index contributed by atoms with van der Waals surface area (Å²) in [4.78, 5) is 39.7. The lowest BCUT2D eigenvalue weighted by Crippen LogP contribution is -2.66. The molecule has 0 aliphatic carbocycles. The van der Waals surface area contributed by atoms with E-state index in [1.54, 1.807) is 4.57 Å². The molecule has 5 atom stereocenters. The van der Waals surface area contributed by atoms with Gasteiger partial charge in [0.25, 0.3) is 5.91 Å². The summed E-state index contributed by atoms with van der Waals surface area (Å²) < 4.78 is 17.5. The van der Waals surface area contributed by atoms with Gasteiger partial charge in [-0.1, -0.05) is 12.1 Å². The van der Waals surface area contributed by atoms with Crippen LogP contribution < -0.4 is 16.2 Å². The van der Waals surface area contributed by atoms with E-state index >= 15 is 0 Å². The Kier molecular flexibility index (Phi) is 8.33. The Balaban J connectivity index is 1.62. The lowest BCUT2D eigenvalue weighted by molar-refractivity contribution is -0.248. The monoisotopic (exact) mass is 495 g/mol. The molecule has 0 unspecified atom stereocenters. The number of fused-ring (bicyclic) bond motifs is 1. The van der Waals surface area contributed by atoms with E-state index in [4.69, 9.17) is 26.4 Å². The quantitative estimate of drug-likeness (QED) is 0.178. The van der Waals surface area contributed by atoms with Crippen molar-refractivity contribution in [3.8, 4) is 0 Å². The fraction of sp³-hybridized carbons (Fsp3) is 0.450. The number of ether oxygens (including phenoxy) is 3. The second-order valence-corrected chi connectivity index (χ2v) is 7.83. The largest absolute Gasteiger partial charge is 0.456 e. The third-order valence-corrected chi connectivity index (χ3v) is 5.10. The van der Waals surface area contributed by atoms with Crippen LogP contribution in [0.2, 0.25) is 0 Å². The second-order valence-electron chi connectivity index (χ2n) is 7.42. The Morgan fingerprint density at radius 1 is 1.15 bits per heavy atom. The zero-order valence-corrected chi connectivity index (χ0v) is 19.2. The Labute approximate surface area is 199 Å². The minimum absolute atomic E-state index is 0.0422. The van der Waals surface area contributed by atoms with Gasteiger partial charge in [-0.15, -0.1) is 0 Å². The number of aliphatic hydroxyl groups excluding tert-OH is 2. The maximum Gasteiger partial charge on any atom is 0.303 e. The van der Waals surface area contributed by atoms with E-state index in [1.165, 1.54) is 6.33 Å². The zero-order chi connectivity index (χ0) is 24.8. The normalized spacial score (nSPS) is 24.2. The molecule has 1 aliphatic heterocycles. The number of hydrogen-bond donors (Lipinski definition) is 5. The molecule has 2 heterocycles. The number of carbonyl (C=O) groups excluding carboxylic acids is 3. The molecular formula is C20H25N5O8S. The molecule has 1 aromatic carbocycles. The molecule has 3 rings (SSSR count). The van der Waals surface area contributed by atoms with E-state index in [9.17, 15) is 24.6 Å². The summed E-state index contributed by atoms with van der Waals surface area (Å²) in [6, 6.07) is 7.33. The summed E-state index contributed by atoms with van der Waals surface area (Å²) in [5.74, 6) is -1.90. The number of benzene rings is 1. The molecule has 1 saturated heterocycles. The van der Waals surface area contributed by atoms with Crippen molar-refractivity contribution >= 4 is 46.2 Å². The SMILES string of the molecule is CC(=O)O[C@@H]1[C@@H](OC(C)=O)[C@H](O)[C@@H](CO)O[C@H]1NC(=S)NNC(=O)Cn1cnc2ccccc21.